The molecule has 0 radical (unpaired) electrons. The van der Waals surface area contributed by atoms with Gasteiger partial charge in [0.15, 0.2) is 9.84 Å². The van der Waals surface area contributed by atoms with Crippen molar-refractivity contribution in [2.24, 2.45) is 5.92 Å². The van der Waals surface area contributed by atoms with Gasteiger partial charge in [0.1, 0.15) is 5.75 Å². The number of sulfone groups is 1. The number of nitrogens with one attached hydrogen (secondary N) is 1. The minimum atomic E-state index is -3.01. The number of ether oxygens (including phenoxy) is 1. The molecule has 1 N–H and O–H groups in total. The van der Waals surface area contributed by atoms with Crippen molar-refractivity contribution in [2.45, 2.75) is 32.9 Å². The largest absolute Gasteiger partial charge is 0.493 e. The van der Waals surface area contributed by atoms with Crippen molar-refractivity contribution in [2.75, 3.05) is 12.4 Å². The summed E-state index contributed by atoms with van der Waals surface area (Å²) in [6.45, 7) is 6.97. The van der Waals surface area contributed by atoms with E-state index in [-0.39, 0.29) is 17.8 Å². The van der Waals surface area contributed by atoms with Gasteiger partial charge in [-0.2, -0.15) is 0 Å². The standard InChI is InChI=1S/C16H23NO3S/c1-12(2)10-20-16-6-4-14(5-7-16)13(3)17-15-8-9-21(18,19)11-15/h4-9,12-13,15,17H,10-11H2,1-3H3. The predicted octanol–water partition coefficient (Wildman–Crippen LogP) is 2.68. The summed E-state index contributed by atoms with van der Waals surface area (Å²) in [5, 5.41) is 4.61. The molecule has 2 rings (SSSR count). The van der Waals surface area contributed by atoms with E-state index in [0.29, 0.717) is 12.5 Å². The molecule has 2 atom stereocenters. The molecule has 0 aliphatic carbocycles. The van der Waals surface area contributed by atoms with Crippen LogP contribution in [0.15, 0.2) is 35.7 Å². The van der Waals surface area contributed by atoms with E-state index in [1.807, 2.05) is 31.2 Å². The first-order valence-corrected chi connectivity index (χ1v) is 8.97. The third-order valence-electron chi connectivity index (χ3n) is 3.36. The summed E-state index contributed by atoms with van der Waals surface area (Å²) in [4.78, 5) is 0. The summed E-state index contributed by atoms with van der Waals surface area (Å²) >= 11 is 0. The second-order valence-corrected chi connectivity index (χ2v) is 7.86. The molecule has 0 saturated heterocycles. The summed E-state index contributed by atoms with van der Waals surface area (Å²) in [6, 6.07) is 7.92. The van der Waals surface area contributed by atoms with Gasteiger partial charge in [-0.3, -0.25) is 0 Å². The fourth-order valence-corrected chi connectivity index (χ4v) is 3.46. The van der Waals surface area contributed by atoms with E-state index in [4.69, 9.17) is 4.74 Å². The molecule has 4 nitrogen and oxygen atoms in total. The van der Waals surface area contributed by atoms with Crippen LogP contribution < -0.4 is 10.1 Å². The van der Waals surface area contributed by atoms with Crippen molar-refractivity contribution in [1.29, 1.82) is 0 Å². The first kappa shape index (κ1) is 16.0. The maximum Gasteiger partial charge on any atom is 0.173 e. The van der Waals surface area contributed by atoms with Crippen LogP contribution in [0.4, 0.5) is 0 Å². The molecule has 1 aromatic carbocycles. The van der Waals surface area contributed by atoms with Crippen LogP contribution in [-0.4, -0.2) is 26.8 Å². The molecule has 0 saturated carbocycles. The quantitative estimate of drug-likeness (QED) is 0.878. The maximum absolute atomic E-state index is 11.4. The highest BCUT2D eigenvalue weighted by molar-refractivity contribution is 7.94. The lowest BCUT2D eigenvalue weighted by molar-refractivity contribution is 0.271. The smallest absolute Gasteiger partial charge is 0.173 e. The Morgan fingerprint density at radius 2 is 1.90 bits per heavy atom. The highest BCUT2D eigenvalue weighted by atomic mass is 32.2. The Balaban J connectivity index is 1.91. The molecule has 1 aliphatic heterocycles. The van der Waals surface area contributed by atoms with Gasteiger partial charge in [0.25, 0.3) is 0 Å². The van der Waals surface area contributed by atoms with Crippen LogP contribution in [0.3, 0.4) is 0 Å². The van der Waals surface area contributed by atoms with Crippen molar-refractivity contribution in [3.63, 3.8) is 0 Å². The highest BCUT2D eigenvalue weighted by Crippen LogP contribution is 2.20. The average molecular weight is 309 g/mol. The topological polar surface area (TPSA) is 55.4 Å². The Morgan fingerprint density at radius 3 is 2.43 bits per heavy atom. The van der Waals surface area contributed by atoms with Crippen LogP contribution in [0.25, 0.3) is 0 Å². The van der Waals surface area contributed by atoms with Gasteiger partial charge in [0.05, 0.1) is 12.4 Å². The van der Waals surface area contributed by atoms with Crippen LogP contribution in [0, 0.1) is 5.92 Å². The van der Waals surface area contributed by atoms with Crippen LogP contribution in [0.5, 0.6) is 5.75 Å². The molecule has 0 aromatic heterocycles. The number of rotatable bonds is 6. The van der Waals surface area contributed by atoms with Gasteiger partial charge in [0, 0.05) is 17.5 Å². The third kappa shape index (κ3) is 4.86. The normalized spacial score (nSPS) is 21.6. The summed E-state index contributed by atoms with van der Waals surface area (Å²) in [5.74, 6) is 1.51. The van der Waals surface area contributed by atoms with Crippen LogP contribution >= 0.6 is 0 Å². The Labute approximate surface area is 127 Å². The van der Waals surface area contributed by atoms with E-state index >= 15 is 0 Å². The monoisotopic (exact) mass is 309 g/mol. The zero-order valence-electron chi connectivity index (χ0n) is 12.7. The summed E-state index contributed by atoms with van der Waals surface area (Å²) in [5.41, 5.74) is 1.12. The Morgan fingerprint density at radius 1 is 1.24 bits per heavy atom. The van der Waals surface area contributed by atoms with E-state index in [1.165, 1.54) is 5.41 Å². The SMILES string of the molecule is CC(C)COc1ccc(C(C)NC2C=CS(=O)(=O)C2)cc1. The first-order chi connectivity index (χ1) is 9.85. The van der Waals surface area contributed by atoms with Gasteiger partial charge in [-0.25, -0.2) is 8.42 Å². The van der Waals surface area contributed by atoms with Gasteiger partial charge in [0.2, 0.25) is 0 Å². The third-order valence-corrected chi connectivity index (χ3v) is 4.75. The molecule has 1 aromatic rings. The second-order valence-electron chi connectivity index (χ2n) is 5.93. The average Bonchev–Trinajstić information content (AvgIpc) is 2.76. The molecule has 2 unspecified atom stereocenters. The van der Waals surface area contributed by atoms with E-state index in [9.17, 15) is 8.42 Å². The van der Waals surface area contributed by atoms with Crippen molar-refractivity contribution < 1.29 is 13.2 Å². The fraction of sp³-hybridized carbons (Fsp3) is 0.500. The van der Waals surface area contributed by atoms with E-state index in [1.54, 1.807) is 6.08 Å². The molecule has 0 bridgehead atoms. The summed E-state index contributed by atoms with van der Waals surface area (Å²) in [7, 11) is -3.01. The van der Waals surface area contributed by atoms with Crippen LogP contribution in [0.1, 0.15) is 32.4 Å². The van der Waals surface area contributed by atoms with Crippen molar-refractivity contribution >= 4 is 9.84 Å². The Hall–Kier alpha value is -1.33. The van der Waals surface area contributed by atoms with Crippen LogP contribution in [-0.2, 0) is 9.84 Å². The first-order valence-electron chi connectivity index (χ1n) is 7.25. The van der Waals surface area contributed by atoms with Crippen molar-refractivity contribution in [3.8, 4) is 5.75 Å². The van der Waals surface area contributed by atoms with Gasteiger partial charge in [-0.15, -0.1) is 0 Å². The van der Waals surface area contributed by atoms with Gasteiger partial charge in [-0.1, -0.05) is 32.1 Å². The molecule has 1 aliphatic rings. The van der Waals surface area contributed by atoms with Gasteiger partial charge in [-0.05, 0) is 30.5 Å². The fourth-order valence-electron chi connectivity index (χ4n) is 2.21. The molecule has 0 fully saturated rings. The van der Waals surface area contributed by atoms with Crippen molar-refractivity contribution in [1.82, 2.24) is 5.32 Å². The number of benzene rings is 1. The van der Waals surface area contributed by atoms with Crippen molar-refractivity contribution in [3.05, 3.63) is 41.3 Å². The van der Waals surface area contributed by atoms with Crippen LogP contribution in [0.2, 0.25) is 0 Å². The lowest BCUT2D eigenvalue weighted by Gasteiger charge is -2.18. The molecule has 21 heavy (non-hydrogen) atoms. The highest BCUT2D eigenvalue weighted by Gasteiger charge is 2.22. The molecule has 116 valence electrons. The van der Waals surface area contributed by atoms with E-state index in [2.05, 4.69) is 19.2 Å². The Kier molecular flexibility index (Phi) is 5.06. The van der Waals surface area contributed by atoms with Gasteiger partial charge >= 0.3 is 0 Å². The zero-order chi connectivity index (χ0) is 15.5. The minimum absolute atomic E-state index is 0.0899. The molecule has 0 spiro atoms. The molecular formula is C16H23NO3S. The molecule has 5 heteroatoms. The number of hydrogen-bond donors (Lipinski definition) is 1. The summed E-state index contributed by atoms with van der Waals surface area (Å²) in [6.07, 6.45) is 1.71. The molecule has 1 heterocycles. The Bertz CT molecular complexity index is 590. The van der Waals surface area contributed by atoms with E-state index in [0.717, 1.165) is 11.3 Å². The molecule has 0 amide bonds. The molecular weight excluding hydrogens is 286 g/mol. The van der Waals surface area contributed by atoms with E-state index < -0.39 is 9.84 Å². The minimum Gasteiger partial charge on any atom is -0.493 e. The maximum atomic E-state index is 11.4. The van der Waals surface area contributed by atoms with Gasteiger partial charge < -0.3 is 10.1 Å². The lowest BCUT2D eigenvalue weighted by Crippen LogP contribution is -2.32. The second kappa shape index (κ2) is 6.62. The predicted molar refractivity (Wildman–Crippen MR) is 85.0 cm³/mol. The lowest BCUT2D eigenvalue weighted by atomic mass is 10.1. The number of hydrogen-bond acceptors (Lipinski definition) is 4. The zero-order valence-corrected chi connectivity index (χ0v) is 13.6. The summed E-state index contributed by atoms with van der Waals surface area (Å²) < 4.78 is 28.4.